The third kappa shape index (κ3) is 3.76. The molecule has 0 aliphatic heterocycles. The SMILES string of the molecule is COc1cc(OC)cc(C(=O)NCC(O)c2ccoc2)c1. The smallest absolute Gasteiger partial charge is 0.251 e. The van der Waals surface area contributed by atoms with Gasteiger partial charge in [0, 0.05) is 23.7 Å². The lowest BCUT2D eigenvalue weighted by Crippen LogP contribution is -2.28. The van der Waals surface area contributed by atoms with E-state index in [0.29, 0.717) is 22.6 Å². The highest BCUT2D eigenvalue weighted by molar-refractivity contribution is 5.95. The zero-order valence-electron chi connectivity index (χ0n) is 11.8. The molecule has 0 radical (unpaired) electrons. The average molecular weight is 291 g/mol. The summed E-state index contributed by atoms with van der Waals surface area (Å²) in [6.07, 6.45) is 2.08. The minimum absolute atomic E-state index is 0.0812. The molecule has 1 aromatic carbocycles. The van der Waals surface area contributed by atoms with Crippen molar-refractivity contribution in [2.75, 3.05) is 20.8 Å². The topological polar surface area (TPSA) is 80.9 Å². The van der Waals surface area contributed by atoms with E-state index in [9.17, 15) is 9.90 Å². The molecule has 1 aromatic heterocycles. The van der Waals surface area contributed by atoms with Crippen LogP contribution in [0, 0.1) is 0 Å². The van der Waals surface area contributed by atoms with Crippen LogP contribution < -0.4 is 14.8 Å². The number of nitrogens with one attached hydrogen (secondary N) is 1. The maximum atomic E-state index is 12.1. The predicted octanol–water partition coefficient (Wildman–Crippen LogP) is 1.76. The number of methoxy groups -OCH3 is 2. The number of aliphatic hydroxyl groups is 1. The van der Waals surface area contributed by atoms with Gasteiger partial charge in [-0.05, 0) is 18.2 Å². The van der Waals surface area contributed by atoms with Gasteiger partial charge in [0.2, 0.25) is 0 Å². The highest BCUT2D eigenvalue weighted by Crippen LogP contribution is 2.22. The van der Waals surface area contributed by atoms with Gasteiger partial charge in [0.1, 0.15) is 11.5 Å². The van der Waals surface area contributed by atoms with Crippen LogP contribution in [0.5, 0.6) is 11.5 Å². The average Bonchev–Trinajstić information content (AvgIpc) is 3.06. The van der Waals surface area contributed by atoms with Crippen molar-refractivity contribution in [2.45, 2.75) is 6.10 Å². The van der Waals surface area contributed by atoms with Crippen molar-refractivity contribution in [3.05, 3.63) is 47.9 Å². The Kier molecular flexibility index (Phi) is 4.84. The highest BCUT2D eigenvalue weighted by atomic mass is 16.5. The Morgan fingerprint density at radius 3 is 2.48 bits per heavy atom. The zero-order chi connectivity index (χ0) is 15.2. The van der Waals surface area contributed by atoms with Crippen LogP contribution in [-0.2, 0) is 0 Å². The van der Waals surface area contributed by atoms with E-state index in [0.717, 1.165) is 0 Å². The van der Waals surface area contributed by atoms with Crippen LogP contribution in [0.4, 0.5) is 0 Å². The second-order valence-electron chi connectivity index (χ2n) is 4.38. The van der Waals surface area contributed by atoms with Crippen molar-refractivity contribution in [1.82, 2.24) is 5.32 Å². The fourth-order valence-electron chi connectivity index (χ4n) is 1.81. The van der Waals surface area contributed by atoms with Gasteiger partial charge in [-0.1, -0.05) is 0 Å². The molecule has 6 heteroatoms. The minimum atomic E-state index is -0.819. The second kappa shape index (κ2) is 6.81. The molecular formula is C15H17NO5. The molecule has 1 amide bonds. The largest absolute Gasteiger partial charge is 0.497 e. The first-order chi connectivity index (χ1) is 10.1. The van der Waals surface area contributed by atoms with Gasteiger partial charge in [0.15, 0.2) is 0 Å². The van der Waals surface area contributed by atoms with Crippen LogP contribution in [0.2, 0.25) is 0 Å². The number of carbonyl (C=O) groups excluding carboxylic acids is 1. The summed E-state index contributed by atoms with van der Waals surface area (Å²) in [6.45, 7) is 0.0812. The van der Waals surface area contributed by atoms with E-state index < -0.39 is 6.10 Å². The first-order valence-electron chi connectivity index (χ1n) is 6.35. The lowest BCUT2D eigenvalue weighted by atomic mass is 10.1. The lowest BCUT2D eigenvalue weighted by Gasteiger charge is -2.11. The third-order valence-electron chi connectivity index (χ3n) is 3.00. The number of furan rings is 1. The molecule has 0 spiro atoms. The number of benzene rings is 1. The van der Waals surface area contributed by atoms with Gasteiger partial charge in [-0.15, -0.1) is 0 Å². The normalized spacial score (nSPS) is 11.8. The summed E-state index contributed by atoms with van der Waals surface area (Å²) >= 11 is 0. The maximum Gasteiger partial charge on any atom is 0.251 e. The van der Waals surface area contributed by atoms with E-state index in [-0.39, 0.29) is 12.5 Å². The van der Waals surface area contributed by atoms with Gasteiger partial charge < -0.3 is 24.3 Å². The molecule has 0 fully saturated rings. The van der Waals surface area contributed by atoms with E-state index in [2.05, 4.69) is 5.32 Å². The Labute approximate surface area is 122 Å². The van der Waals surface area contributed by atoms with Gasteiger partial charge in [-0.25, -0.2) is 0 Å². The van der Waals surface area contributed by atoms with E-state index >= 15 is 0 Å². The van der Waals surface area contributed by atoms with Crippen LogP contribution in [-0.4, -0.2) is 31.8 Å². The summed E-state index contributed by atoms with van der Waals surface area (Å²) in [7, 11) is 3.03. The number of rotatable bonds is 6. The molecule has 0 bridgehead atoms. The fourth-order valence-corrected chi connectivity index (χ4v) is 1.81. The fraction of sp³-hybridized carbons (Fsp3) is 0.267. The Morgan fingerprint density at radius 1 is 1.29 bits per heavy atom. The summed E-state index contributed by atoms with van der Waals surface area (Å²) in [5.74, 6) is 0.722. The van der Waals surface area contributed by atoms with Crippen LogP contribution in [0.1, 0.15) is 22.0 Å². The van der Waals surface area contributed by atoms with E-state index in [1.165, 1.54) is 26.7 Å². The number of ether oxygens (including phenoxy) is 2. The van der Waals surface area contributed by atoms with Gasteiger partial charge in [-0.3, -0.25) is 4.79 Å². The third-order valence-corrected chi connectivity index (χ3v) is 3.00. The first kappa shape index (κ1) is 14.9. The molecule has 0 aliphatic rings. The number of hydrogen-bond donors (Lipinski definition) is 2. The standard InChI is InChI=1S/C15H17NO5/c1-19-12-5-11(6-13(7-12)20-2)15(18)16-8-14(17)10-3-4-21-9-10/h3-7,9,14,17H,8H2,1-2H3,(H,16,18). The predicted molar refractivity (Wildman–Crippen MR) is 75.5 cm³/mol. The molecule has 1 atom stereocenters. The molecule has 2 N–H and O–H groups in total. The van der Waals surface area contributed by atoms with E-state index in [1.807, 2.05) is 0 Å². The van der Waals surface area contributed by atoms with Crippen molar-refractivity contribution in [3.8, 4) is 11.5 Å². The highest BCUT2D eigenvalue weighted by Gasteiger charge is 2.13. The van der Waals surface area contributed by atoms with Crippen molar-refractivity contribution in [1.29, 1.82) is 0 Å². The van der Waals surface area contributed by atoms with Crippen LogP contribution >= 0.6 is 0 Å². The van der Waals surface area contributed by atoms with Crippen molar-refractivity contribution in [3.63, 3.8) is 0 Å². The zero-order valence-corrected chi connectivity index (χ0v) is 11.8. The van der Waals surface area contributed by atoms with Gasteiger partial charge >= 0.3 is 0 Å². The summed E-state index contributed by atoms with van der Waals surface area (Å²) < 4.78 is 15.1. The van der Waals surface area contributed by atoms with Crippen LogP contribution in [0.15, 0.2) is 41.2 Å². The summed E-state index contributed by atoms with van der Waals surface area (Å²) in [5, 5.41) is 12.5. The lowest BCUT2D eigenvalue weighted by molar-refractivity contribution is 0.0915. The molecule has 1 heterocycles. The Bertz CT molecular complexity index is 572. The molecule has 2 rings (SSSR count). The maximum absolute atomic E-state index is 12.1. The number of aliphatic hydroxyl groups excluding tert-OH is 1. The molecule has 2 aromatic rings. The molecule has 0 saturated carbocycles. The van der Waals surface area contributed by atoms with E-state index in [4.69, 9.17) is 13.9 Å². The molecule has 1 unspecified atom stereocenters. The summed E-state index contributed by atoms with van der Waals surface area (Å²) in [4.78, 5) is 12.1. The molecule has 112 valence electrons. The minimum Gasteiger partial charge on any atom is -0.497 e. The monoisotopic (exact) mass is 291 g/mol. The quantitative estimate of drug-likeness (QED) is 0.847. The van der Waals surface area contributed by atoms with Gasteiger partial charge in [-0.2, -0.15) is 0 Å². The van der Waals surface area contributed by atoms with Crippen LogP contribution in [0.3, 0.4) is 0 Å². The second-order valence-corrected chi connectivity index (χ2v) is 4.38. The molecule has 0 saturated heterocycles. The summed E-state index contributed by atoms with van der Waals surface area (Å²) in [5.41, 5.74) is 1.00. The number of amides is 1. The van der Waals surface area contributed by atoms with Gasteiger partial charge in [0.25, 0.3) is 5.91 Å². The molecule has 0 aliphatic carbocycles. The number of carbonyl (C=O) groups is 1. The van der Waals surface area contributed by atoms with Crippen molar-refractivity contribution >= 4 is 5.91 Å². The van der Waals surface area contributed by atoms with Crippen LogP contribution in [0.25, 0.3) is 0 Å². The van der Waals surface area contributed by atoms with Crippen molar-refractivity contribution < 1.29 is 23.8 Å². The van der Waals surface area contributed by atoms with Gasteiger partial charge in [0.05, 0.1) is 32.8 Å². The molecular weight excluding hydrogens is 274 g/mol. The number of hydrogen-bond acceptors (Lipinski definition) is 5. The van der Waals surface area contributed by atoms with E-state index in [1.54, 1.807) is 24.3 Å². The summed E-state index contributed by atoms with van der Waals surface area (Å²) in [6, 6.07) is 6.52. The first-order valence-corrected chi connectivity index (χ1v) is 6.35. The molecule has 6 nitrogen and oxygen atoms in total. The molecule has 21 heavy (non-hydrogen) atoms. The Hall–Kier alpha value is -2.47. The Balaban J connectivity index is 2.03. The Morgan fingerprint density at radius 2 is 1.95 bits per heavy atom. The van der Waals surface area contributed by atoms with Crippen molar-refractivity contribution in [2.24, 2.45) is 0 Å².